The molecule has 5 unspecified atom stereocenters. The molecule has 0 aromatic rings. The summed E-state index contributed by atoms with van der Waals surface area (Å²) in [6.45, 7) is 3.62. The quantitative estimate of drug-likeness (QED) is 0.333. The van der Waals surface area contributed by atoms with E-state index in [-0.39, 0.29) is 30.3 Å². The van der Waals surface area contributed by atoms with Gasteiger partial charge in [0, 0.05) is 19.3 Å². The molecule has 3 fully saturated rings. The Morgan fingerprint density at radius 1 is 1.32 bits per heavy atom. The van der Waals surface area contributed by atoms with Crippen molar-refractivity contribution in [3.63, 3.8) is 0 Å². The lowest BCUT2D eigenvalue weighted by Crippen LogP contribution is -2.56. The van der Waals surface area contributed by atoms with Gasteiger partial charge < -0.3 is 4.74 Å². The summed E-state index contributed by atoms with van der Waals surface area (Å²) in [4.78, 5) is 14.6. The van der Waals surface area contributed by atoms with Crippen LogP contribution in [0.25, 0.3) is 0 Å². The fourth-order valence-corrected chi connectivity index (χ4v) is 5.77. The van der Waals surface area contributed by atoms with Crippen LogP contribution in [0, 0.1) is 11.8 Å². The van der Waals surface area contributed by atoms with E-state index >= 15 is 0 Å². The SMILES string of the molecule is CC1NCNN1C1CC(Cl)C(F)C(C(=O)NNS(=O)(=O)CC2CCOCC2)C1. The third kappa shape index (κ3) is 5.53. The number of hydrazine groups is 2. The molecule has 2 aliphatic heterocycles. The standard InChI is InChI=1S/C16H29ClFN5O4S/c1-10-19-9-20-23(10)12-6-13(15(18)14(17)7-12)16(24)21-22-28(25,26)8-11-2-4-27-5-3-11/h10-15,19-20,22H,2-9H2,1H3,(H,21,24). The Kier molecular flexibility index (Phi) is 7.51. The van der Waals surface area contributed by atoms with Crippen LogP contribution in [-0.2, 0) is 19.6 Å². The van der Waals surface area contributed by atoms with E-state index in [2.05, 4.69) is 21.0 Å². The zero-order chi connectivity index (χ0) is 20.3. The minimum absolute atomic E-state index is 0.0152. The number of sulfonamides is 1. The number of ether oxygens (including phenoxy) is 1. The first kappa shape index (κ1) is 22.1. The van der Waals surface area contributed by atoms with Gasteiger partial charge in [0.2, 0.25) is 15.9 Å². The van der Waals surface area contributed by atoms with E-state index in [1.807, 2.05) is 11.9 Å². The van der Waals surface area contributed by atoms with Crippen LogP contribution >= 0.6 is 11.6 Å². The Morgan fingerprint density at radius 3 is 2.68 bits per heavy atom. The van der Waals surface area contributed by atoms with Crippen LogP contribution in [0.3, 0.4) is 0 Å². The normalized spacial score (nSPS) is 35.8. The first-order chi connectivity index (χ1) is 13.3. The van der Waals surface area contributed by atoms with E-state index in [4.69, 9.17) is 16.3 Å². The first-order valence-corrected chi connectivity index (χ1v) is 11.8. The Morgan fingerprint density at radius 2 is 2.04 bits per heavy atom. The number of amides is 1. The molecular formula is C16H29ClFN5O4S. The molecule has 9 nitrogen and oxygen atoms in total. The van der Waals surface area contributed by atoms with Crippen LogP contribution in [0.4, 0.5) is 4.39 Å². The average Bonchev–Trinajstić information content (AvgIpc) is 3.08. The number of nitrogens with one attached hydrogen (secondary N) is 4. The molecule has 5 atom stereocenters. The lowest BCUT2D eigenvalue weighted by Gasteiger charge is -2.39. The molecule has 0 bridgehead atoms. The predicted molar refractivity (Wildman–Crippen MR) is 102 cm³/mol. The Hall–Kier alpha value is -0.560. The van der Waals surface area contributed by atoms with Crippen molar-refractivity contribution in [2.24, 2.45) is 11.8 Å². The summed E-state index contributed by atoms with van der Waals surface area (Å²) < 4.78 is 44.3. The number of halogens is 2. The van der Waals surface area contributed by atoms with Crippen LogP contribution in [-0.4, -0.2) is 68.7 Å². The van der Waals surface area contributed by atoms with E-state index in [0.717, 1.165) is 0 Å². The number of rotatable bonds is 6. The van der Waals surface area contributed by atoms with Crippen molar-refractivity contribution < 1.29 is 22.3 Å². The van der Waals surface area contributed by atoms with Crippen LogP contribution in [0.15, 0.2) is 0 Å². The maximum Gasteiger partial charge on any atom is 0.241 e. The van der Waals surface area contributed by atoms with Gasteiger partial charge in [0.05, 0.1) is 29.9 Å². The molecule has 1 aliphatic carbocycles. The molecule has 28 heavy (non-hydrogen) atoms. The summed E-state index contributed by atoms with van der Waals surface area (Å²) in [5.74, 6) is -1.83. The Bertz CT molecular complexity index is 651. The number of alkyl halides is 2. The van der Waals surface area contributed by atoms with Gasteiger partial charge in [0.25, 0.3) is 0 Å². The number of hydrogen-bond acceptors (Lipinski definition) is 7. The van der Waals surface area contributed by atoms with E-state index in [1.165, 1.54) is 0 Å². The van der Waals surface area contributed by atoms with E-state index in [1.54, 1.807) is 0 Å². The highest BCUT2D eigenvalue weighted by Crippen LogP contribution is 2.34. The lowest BCUT2D eigenvalue weighted by molar-refractivity contribution is -0.130. The van der Waals surface area contributed by atoms with Crippen molar-refractivity contribution in [3.05, 3.63) is 0 Å². The average molecular weight is 442 g/mol. The van der Waals surface area contributed by atoms with Crippen LogP contribution in [0.5, 0.6) is 0 Å². The summed E-state index contributed by atoms with van der Waals surface area (Å²) in [5.41, 5.74) is 5.35. The zero-order valence-electron chi connectivity index (χ0n) is 15.9. The molecule has 12 heteroatoms. The highest BCUT2D eigenvalue weighted by atomic mass is 35.5. The number of carbonyl (C=O) groups excluding carboxylic acids is 1. The van der Waals surface area contributed by atoms with Crippen LogP contribution in [0.1, 0.15) is 32.6 Å². The van der Waals surface area contributed by atoms with E-state index in [9.17, 15) is 17.6 Å². The van der Waals surface area contributed by atoms with Crippen LogP contribution < -0.4 is 21.0 Å². The molecule has 3 aliphatic rings. The number of hydrogen-bond donors (Lipinski definition) is 4. The van der Waals surface area contributed by atoms with Crippen molar-refractivity contribution in [1.82, 2.24) is 26.0 Å². The second kappa shape index (κ2) is 9.50. The van der Waals surface area contributed by atoms with Gasteiger partial charge in [-0.05, 0) is 38.5 Å². The van der Waals surface area contributed by atoms with Crippen molar-refractivity contribution in [1.29, 1.82) is 0 Å². The molecule has 0 aromatic heterocycles. The molecule has 3 rings (SSSR count). The van der Waals surface area contributed by atoms with Gasteiger partial charge in [-0.15, -0.1) is 16.4 Å². The zero-order valence-corrected chi connectivity index (χ0v) is 17.4. The van der Waals surface area contributed by atoms with Gasteiger partial charge >= 0.3 is 0 Å². The van der Waals surface area contributed by atoms with Crippen molar-refractivity contribution in [2.45, 2.75) is 56.4 Å². The van der Waals surface area contributed by atoms with Crippen LogP contribution in [0.2, 0.25) is 0 Å². The summed E-state index contributed by atoms with van der Waals surface area (Å²) in [6, 6.07) is -0.130. The maximum absolute atomic E-state index is 14.6. The Labute approximate surface area is 170 Å². The van der Waals surface area contributed by atoms with Crippen molar-refractivity contribution in [2.75, 3.05) is 25.6 Å². The number of nitrogens with zero attached hydrogens (tertiary/aromatic N) is 1. The molecular weight excluding hydrogens is 413 g/mol. The molecule has 162 valence electrons. The number of carbonyl (C=O) groups is 1. The third-order valence-electron chi connectivity index (χ3n) is 5.69. The van der Waals surface area contributed by atoms with Gasteiger partial charge in [0.15, 0.2) is 0 Å². The maximum atomic E-state index is 14.6. The summed E-state index contributed by atoms with van der Waals surface area (Å²) in [6.07, 6.45) is 0.469. The fraction of sp³-hybridized carbons (Fsp3) is 0.938. The molecule has 1 saturated carbocycles. The molecule has 0 spiro atoms. The lowest BCUT2D eigenvalue weighted by atomic mass is 9.83. The largest absolute Gasteiger partial charge is 0.381 e. The minimum Gasteiger partial charge on any atom is -0.381 e. The summed E-state index contributed by atoms with van der Waals surface area (Å²) in [5, 5.41) is 4.32. The smallest absolute Gasteiger partial charge is 0.241 e. The van der Waals surface area contributed by atoms with Gasteiger partial charge in [-0.25, -0.2) is 23.2 Å². The minimum atomic E-state index is -3.71. The molecule has 0 radical (unpaired) electrons. The predicted octanol–water partition coefficient (Wildman–Crippen LogP) is -0.199. The third-order valence-corrected chi connectivity index (χ3v) is 7.43. The highest BCUT2D eigenvalue weighted by molar-refractivity contribution is 7.89. The Balaban J connectivity index is 1.55. The van der Waals surface area contributed by atoms with Crippen molar-refractivity contribution in [3.8, 4) is 0 Å². The summed E-state index contributed by atoms with van der Waals surface area (Å²) >= 11 is 6.17. The summed E-state index contributed by atoms with van der Waals surface area (Å²) in [7, 11) is -3.71. The van der Waals surface area contributed by atoms with E-state index in [0.29, 0.717) is 39.1 Å². The molecule has 2 heterocycles. The molecule has 0 aromatic carbocycles. The monoisotopic (exact) mass is 441 g/mol. The van der Waals surface area contributed by atoms with Gasteiger partial charge in [-0.2, -0.15) is 0 Å². The van der Waals surface area contributed by atoms with E-state index < -0.39 is 33.4 Å². The molecule has 4 N–H and O–H groups in total. The molecule has 2 saturated heterocycles. The fourth-order valence-electron chi connectivity index (χ4n) is 4.09. The molecule has 1 amide bonds. The second-order valence-electron chi connectivity index (χ2n) is 7.74. The topological polar surface area (TPSA) is 112 Å². The van der Waals surface area contributed by atoms with Gasteiger partial charge in [-0.3, -0.25) is 15.5 Å². The van der Waals surface area contributed by atoms with Gasteiger partial charge in [0.1, 0.15) is 6.17 Å². The first-order valence-electron chi connectivity index (χ1n) is 9.67. The second-order valence-corrected chi connectivity index (χ2v) is 10.1. The highest BCUT2D eigenvalue weighted by Gasteiger charge is 2.44. The van der Waals surface area contributed by atoms with Crippen molar-refractivity contribution >= 4 is 27.5 Å². The van der Waals surface area contributed by atoms with Gasteiger partial charge in [-0.1, -0.05) is 0 Å².